The molecule has 1 fully saturated rings. The van der Waals surface area contributed by atoms with Gasteiger partial charge in [0.2, 0.25) is 11.8 Å². The Morgan fingerprint density at radius 1 is 1.40 bits per heavy atom. The van der Waals surface area contributed by atoms with Gasteiger partial charge < -0.3 is 5.11 Å². The lowest BCUT2D eigenvalue weighted by atomic mass is 10.4. The Morgan fingerprint density at radius 2 is 2.10 bits per heavy atom. The van der Waals surface area contributed by atoms with E-state index in [0.29, 0.717) is 5.75 Å². The molecule has 0 radical (unpaired) electrons. The minimum Gasteiger partial charge on any atom is -0.481 e. The quantitative estimate of drug-likeness (QED) is 0.446. The number of allylic oxidation sites excluding steroid dienone is 1. The molecular formula is C11H13N3O4S2. The van der Waals surface area contributed by atoms with Crippen molar-refractivity contribution in [2.75, 3.05) is 5.75 Å². The molecule has 108 valence electrons. The third kappa shape index (κ3) is 3.54. The van der Waals surface area contributed by atoms with Gasteiger partial charge in [0.05, 0.1) is 6.42 Å². The number of aliphatic carboxylic acids is 1. The van der Waals surface area contributed by atoms with Crippen LogP contribution in [0.5, 0.6) is 0 Å². The van der Waals surface area contributed by atoms with Crippen LogP contribution in [-0.2, 0) is 14.4 Å². The summed E-state index contributed by atoms with van der Waals surface area (Å²) in [5, 5.41) is 11.2. The number of rotatable bonds is 6. The number of imide groups is 1. The van der Waals surface area contributed by atoms with Gasteiger partial charge in [0.1, 0.15) is 0 Å². The van der Waals surface area contributed by atoms with E-state index in [1.807, 2.05) is 0 Å². The predicted octanol–water partition coefficient (Wildman–Crippen LogP) is 1.09. The van der Waals surface area contributed by atoms with Gasteiger partial charge in [-0.15, -0.1) is 0 Å². The molecule has 20 heavy (non-hydrogen) atoms. The normalized spacial score (nSPS) is 21.9. The largest absolute Gasteiger partial charge is 0.481 e. The minimum atomic E-state index is -0.855. The van der Waals surface area contributed by atoms with Crippen molar-refractivity contribution in [3.05, 3.63) is 12.3 Å². The van der Waals surface area contributed by atoms with E-state index in [1.54, 1.807) is 18.5 Å². The first-order valence-corrected chi connectivity index (χ1v) is 8.32. The molecule has 0 aromatic rings. The van der Waals surface area contributed by atoms with Crippen LogP contribution in [0.25, 0.3) is 0 Å². The maximum Gasteiger partial charge on any atom is 0.304 e. The number of aliphatic imine (C=N–C) groups is 1. The van der Waals surface area contributed by atoms with Crippen LogP contribution in [0.3, 0.4) is 0 Å². The van der Waals surface area contributed by atoms with Gasteiger partial charge in [-0.3, -0.25) is 19.4 Å². The Labute approximate surface area is 123 Å². The third-order valence-corrected chi connectivity index (χ3v) is 5.02. The van der Waals surface area contributed by atoms with Crippen LogP contribution in [0.2, 0.25) is 0 Å². The van der Waals surface area contributed by atoms with Crippen molar-refractivity contribution < 1.29 is 19.5 Å². The first kappa shape index (κ1) is 14.9. The molecule has 2 rings (SSSR count). The number of hydrogen-bond acceptors (Lipinski definition) is 7. The summed E-state index contributed by atoms with van der Waals surface area (Å²) in [6.07, 6.45) is 5.37. The molecule has 0 saturated carbocycles. The van der Waals surface area contributed by atoms with Gasteiger partial charge in [0, 0.05) is 31.0 Å². The van der Waals surface area contributed by atoms with Gasteiger partial charge in [-0.05, 0) is 16.9 Å². The molecule has 0 aromatic carbocycles. The number of carbonyl (C=O) groups excluding carboxylic acids is 2. The number of hydrazine groups is 1. The van der Waals surface area contributed by atoms with Crippen molar-refractivity contribution in [1.82, 2.24) is 10.0 Å². The lowest BCUT2D eigenvalue weighted by Crippen LogP contribution is -2.47. The van der Waals surface area contributed by atoms with E-state index in [1.165, 1.54) is 26.6 Å². The Kier molecular flexibility index (Phi) is 5.07. The minimum absolute atomic E-state index is 0.0610. The fourth-order valence-electron chi connectivity index (χ4n) is 1.69. The summed E-state index contributed by atoms with van der Waals surface area (Å²) in [4.78, 5) is 38.1. The number of hydrogen-bond donors (Lipinski definition) is 1. The molecule has 0 aliphatic carbocycles. The first-order chi connectivity index (χ1) is 9.59. The van der Waals surface area contributed by atoms with E-state index < -0.39 is 11.5 Å². The summed E-state index contributed by atoms with van der Waals surface area (Å²) >= 11 is 0. The van der Waals surface area contributed by atoms with E-state index in [4.69, 9.17) is 5.11 Å². The second-order valence-electron chi connectivity index (χ2n) is 4.01. The fourth-order valence-corrected chi connectivity index (χ4v) is 3.85. The van der Waals surface area contributed by atoms with E-state index in [-0.39, 0.29) is 31.1 Å². The van der Waals surface area contributed by atoms with Gasteiger partial charge in [-0.2, -0.15) is 5.01 Å². The van der Waals surface area contributed by atoms with Gasteiger partial charge in [0.15, 0.2) is 5.50 Å². The Morgan fingerprint density at radius 3 is 2.75 bits per heavy atom. The van der Waals surface area contributed by atoms with Gasteiger partial charge in [-0.25, -0.2) is 5.01 Å². The van der Waals surface area contributed by atoms with Crippen LogP contribution in [0, 0.1) is 0 Å². The van der Waals surface area contributed by atoms with E-state index in [2.05, 4.69) is 4.99 Å². The number of carbonyl (C=O) groups is 3. The van der Waals surface area contributed by atoms with E-state index in [9.17, 15) is 14.4 Å². The lowest BCUT2D eigenvalue weighted by Gasteiger charge is -2.34. The molecule has 2 heterocycles. The van der Waals surface area contributed by atoms with Gasteiger partial charge in [-0.1, -0.05) is 10.8 Å². The molecule has 2 aliphatic heterocycles. The highest BCUT2D eigenvalue weighted by atomic mass is 33.1. The molecule has 2 aliphatic rings. The average molecular weight is 315 g/mol. The first-order valence-electron chi connectivity index (χ1n) is 5.93. The summed E-state index contributed by atoms with van der Waals surface area (Å²) in [7, 11) is 2.67. The molecule has 0 aromatic heterocycles. The van der Waals surface area contributed by atoms with Crippen LogP contribution in [0.1, 0.15) is 19.3 Å². The molecule has 7 nitrogen and oxygen atoms in total. The van der Waals surface area contributed by atoms with Crippen molar-refractivity contribution in [2.45, 2.75) is 24.8 Å². The second-order valence-corrected chi connectivity index (χ2v) is 6.55. The highest BCUT2D eigenvalue weighted by Crippen LogP contribution is 2.33. The van der Waals surface area contributed by atoms with Crippen LogP contribution in [0.4, 0.5) is 0 Å². The molecule has 1 atom stereocenters. The standard InChI is InChI=1S/C11H13N3O4S2/c15-8-2-3-9(16)14(8)13-6-1-5-12-11(13)20-19-7-4-10(17)18/h1,5-6,11H,2-4,7H2,(H,17,18). The Bertz CT molecular complexity index is 464. The predicted molar refractivity (Wildman–Crippen MR) is 76.6 cm³/mol. The third-order valence-electron chi connectivity index (χ3n) is 2.57. The van der Waals surface area contributed by atoms with Crippen molar-refractivity contribution in [3.8, 4) is 0 Å². The molecule has 0 bridgehead atoms. The van der Waals surface area contributed by atoms with Crippen molar-refractivity contribution in [3.63, 3.8) is 0 Å². The topological polar surface area (TPSA) is 90.3 Å². The summed E-state index contributed by atoms with van der Waals surface area (Å²) < 4.78 is 0. The summed E-state index contributed by atoms with van der Waals surface area (Å²) in [5.74, 6) is -0.895. The zero-order valence-corrected chi connectivity index (χ0v) is 12.1. The van der Waals surface area contributed by atoms with Gasteiger partial charge in [0.25, 0.3) is 0 Å². The molecule has 1 unspecified atom stereocenters. The molecular weight excluding hydrogens is 302 g/mol. The van der Waals surface area contributed by atoms with E-state index in [0.717, 1.165) is 5.01 Å². The maximum absolute atomic E-state index is 11.7. The van der Waals surface area contributed by atoms with Crippen LogP contribution >= 0.6 is 21.6 Å². The highest BCUT2D eigenvalue weighted by Gasteiger charge is 2.36. The zero-order valence-electron chi connectivity index (χ0n) is 10.5. The van der Waals surface area contributed by atoms with Crippen molar-refractivity contribution >= 4 is 45.6 Å². The Balaban J connectivity index is 1.94. The number of carboxylic acid groups (broad SMARTS) is 1. The molecule has 9 heteroatoms. The summed E-state index contributed by atoms with van der Waals surface area (Å²) in [6, 6.07) is 0. The molecule has 1 N–H and O–H groups in total. The number of nitrogens with zero attached hydrogens (tertiary/aromatic N) is 3. The number of amides is 2. The SMILES string of the molecule is O=C(O)CCSSC1N=CC=CN1N1C(=O)CCC1=O. The summed E-state index contributed by atoms with van der Waals surface area (Å²) in [5.41, 5.74) is -0.440. The molecule has 0 spiro atoms. The maximum atomic E-state index is 11.7. The van der Waals surface area contributed by atoms with E-state index >= 15 is 0 Å². The zero-order chi connectivity index (χ0) is 14.5. The van der Waals surface area contributed by atoms with Crippen molar-refractivity contribution in [1.29, 1.82) is 0 Å². The van der Waals surface area contributed by atoms with Crippen molar-refractivity contribution in [2.24, 2.45) is 4.99 Å². The van der Waals surface area contributed by atoms with Crippen LogP contribution in [0.15, 0.2) is 17.3 Å². The molecule has 2 amide bonds. The van der Waals surface area contributed by atoms with Crippen LogP contribution < -0.4 is 0 Å². The highest BCUT2D eigenvalue weighted by molar-refractivity contribution is 8.76. The average Bonchev–Trinajstić information content (AvgIpc) is 2.75. The number of carboxylic acids is 1. The monoisotopic (exact) mass is 315 g/mol. The fraction of sp³-hybridized carbons (Fsp3) is 0.455. The smallest absolute Gasteiger partial charge is 0.304 e. The summed E-state index contributed by atoms with van der Waals surface area (Å²) in [6.45, 7) is 0. The molecule has 1 saturated heterocycles. The lowest BCUT2D eigenvalue weighted by molar-refractivity contribution is -0.153. The van der Waals surface area contributed by atoms with Gasteiger partial charge >= 0.3 is 5.97 Å². The van der Waals surface area contributed by atoms with Crippen LogP contribution in [-0.4, -0.2) is 50.4 Å². The Hall–Kier alpha value is -1.48. The second kappa shape index (κ2) is 6.80.